The molecule has 0 spiro atoms. The maximum atomic E-state index is 13.9. The molecule has 1 atom stereocenters. The lowest BCUT2D eigenvalue weighted by Crippen LogP contribution is -2.87. The Morgan fingerprint density at radius 3 is 2.42 bits per heavy atom. The summed E-state index contributed by atoms with van der Waals surface area (Å²) in [5.74, 6) is -0.0867. The summed E-state index contributed by atoms with van der Waals surface area (Å²) in [6, 6.07) is 14.7. The zero-order valence-electron chi connectivity index (χ0n) is 14.9. The third kappa shape index (κ3) is 4.54. The van der Waals surface area contributed by atoms with Crippen molar-refractivity contribution in [2.45, 2.75) is 13.0 Å². The lowest BCUT2D eigenvalue weighted by Gasteiger charge is -2.36. The number of nitrogens with zero attached hydrogens (tertiary/aromatic N) is 2. The summed E-state index contributed by atoms with van der Waals surface area (Å²) in [7, 11) is 0. The van der Waals surface area contributed by atoms with E-state index in [1.165, 1.54) is 6.07 Å². The second-order valence-corrected chi connectivity index (χ2v) is 7.04. The van der Waals surface area contributed by atoms with E-state index in [9.17, 15) is 9.18 Å². The number of benzene rings is 2. The van der Waals surface area contributed by atoms with Gasteiger partial charge in [-0.25, -0.2) is 4.39 Å². The van der Waals surface area contributed by atoms with E-state index in [0.717, 1.165) is 5.56 Å². The molecule has 0 bridgehead atoms. The number of hydrogen-bond acceptors (Lipinski definition) is 2. The molecule has 26 heavy (non-hydrogen) atoms. The van der Waals surface area contributed by atoms with Crippen molar-refractivity contribution in [1.29, 1.82) is 0 Å². The van der Waals surface area contributed by atoms with E-state index < -0.39 is 0 Å². The molecule has 2 N–H and O–H groups in total. The molecule has 1 fully saturated rings. The van der Waals surface area contributed by atoms with Gasteiger partial charge in [0.2, 0.25) is 0 Å². The van der Waals surface area contributed by atoms with Crippen LogP contribution in [0.5, 0.6) is 0 Å². The Hall–Kier alpha value is -2.11. The summed E-state index contributed by atoms with van der Waals surface area (Å²) in [6.07, 6.45) is 0. The van der Waals surface area contributed by atoms with Crippen LogP contribution >= 0.6 is 11.6 Å². The van der Waals surface area contributed by atoms with Crippen LogP contribution in [0.2, 0.25) is 5.02 Å². The molecule has 0 radical (unpaired) electrons. The Balaban J connectivity index is 1.48. The van der Waals surface area contributed by atoms with Gasteiger partial charge in [-0.15, -0.1) is 0 Å². The van der Waals surface area contributed by atoms with Crippen LogP contribution in [-0.4, -0.2) is 43.5 Å². The van der Waals surface area contributed by atoms with Crippen LogP contribution in [0.3, 0.4) is 0 Å². The predicted octanol–water partition coefficient (Wildman–Crippen LogP) is 2.45. The molecule has 0 aromatic heterocycles. The molecule has 2 aromatic carbocycles. The molecule has 1 saturated heterocycles. The average Bonchev–Trinajstić information content (AvgIpc) is 2.67. The van der Waals surface area contributed by atoms with Gasteiger partial charge in [0, 0.05) is 36.8 Å². The highest BCUT2D eigenvalue weighted by Gasteiger charge is 2.24. The van der Waals surface area contributed by atoms with Gasteiger partial charge < -0.3 is 15.1 Å². The Bertz CT molecular complexity index is 745. The first-order chi connectivity index (χ1) is 12.5. The largest absolute Gasteiger partial charge is 0.366 e. The molecule has 4 nitrogen and oxygen atoms in total. The molecule has 1 aliphatic rings. The first-order valence-electron chi connectivity index (χ1n) is 8.90. The van der Waals surface area contributed by atoms with E-state index in [1.54, 1.807) is 12.1 Å². The maximum Gasteiger partial charge on any atom is 0.277 e. The van der Waals surface area contributed by atoms with Crippen LogP contribution in [0.4, 0.5) is 10.1 Å². The molecule has 138 valence electrons. The second-order valence-electron chi connectivity index (χ2n) is 6.60. The Labute approximate surface area is 158 Å². The number of carbonyl (C=O) groups is 1. The third-order valence-corrected chi connectivity index (χ3v) is 5.12. The molecule has 2 aromatic rings. The summed E-state index contributed by atoms with van der Waals surface area (Å²) in [4.78, 5) is 16.3. The Morgan fingerprint density at radius 1 is 1.12 bits per heavy atom. The predicted molar refractivity (Wildman–Crippen MR) is 102 cm³/mol. The molecule has 1 heterocycles. The molecule has 0 saturated carbocycles. The topological polar surface area (TPSA) is 40.2 Å². The van der Waals surface area contributed by atoms with Crippen molar-refractivity contribution in [3.63, 3.8) is 0 Å². The summed E-state index contributed by atoms with van der Waals surface area (Å²) in [5, 5.41) is 2.75. The van der Waals surface area contributed by atoms with Crippen LogP contribution in [0.25, 0.3) is 0 Å². The van der Waals surface area contributed by atoms with Crippen LogP contribution in [0.15, 0.2) is 48.5 Å². The van der Waals surface area contributed by atoms with Crippen molar-refractivity contribution in [3.8, 4) is 0 Å². The number of halogens is 2. The first-order valence-corrected chi connectivity index (χ1v) is 9.28. The minimum absolute atomic E-state index is 0.124. The van der Waals surface area contributed by atoms with Gasteiger partial charge in [-0.1, -0.05) is 35.9 Å². The zero-order chi connectivity index (χ0) is 18.5. The van der Waals surface area contributed by atoms with E-state index in [4.69, 9.17) is 11.6 Å². The van der Waals surface area contributed by atoms with E-state index in [-0.39, 0.29) is 17.8 Å². The van der Waals surface area contributed by atoms with Crippen molar-refractivity contribution in [2.75, 3.05) is 37.6 Å². The SMILES string of the molecule is C[C@@H]([NH2+]CC(=O)N1CCN(c2ccccc2F)CC1)c1ccc(Cl)cc1. The van der Waals surface area contributed by atoms with Crippen LogP contribution in [-0.2, 0) is 4.79 Å². The highest BCUT2D eigenvalue weighted by Crippen LogP contribution is 2.20. The van der Waals surface area contributed by atoms with Crippen LogP contribution < -0.4 is 10.2 Å². The summed E-state index contributed by atoms with van der Waals surface area (Å²) in [6.45, 7) is 5.03. The third-order valence-electron chi connectivity index (χ3n) is 4.87. The highest BCUT2D eigenvalue weighted by atomic mass is 35.5. The molecule has 0 aliphatic carbocycles. The number of carbonyl (C=O) groups excluding carboxylic acids is 1. The maximum absolute atomic E-state index is 13.9. The summed E-state index contributed by atoms with van der Waals surface area (Å²) >= 11 is 5.91. The fourth-order valence-corrected chi connectivity index (χ4v) is 3.34. The van der Waals surface area contributed by atoms with Crippen molar-refractivity contribution in [2.24, 2.45) is 0 Å². The second kappa shape index (κ2) is 8.52. The van der Waals surface area contributed by atoms with Crippen LogP contribution in [0, 0.1) is 5.82 Å². The van der Waals surface area contributed by atoms with E-state index in [2.05, 4.69) is 6.92 Å². The minimum atomic E-state index is -0.211. The van der Waals surface area contributed by atoms with Crippen molar-refractivity contribution in [1.82, 2.24) is 4.90 Å². The fraction of sp³-hybridized carbons (Fsp3) is 0.350. The van der Waals surface area contributed by atoms with Crippen molar-refractivity contribution < 1.29 is 14.5 Å². The highest BCUT2D eigenvalue weighted by molar-refractivity contribution is 6.30. The number of hydrogen-bond donors (Lipinski definition) is 1. The monoisotopic (exact) mass is 376 g/mol. The molecular weight excluding hydrogens is 353 g/mol. The smallest absolute Gasteiger partial charge is 0.277 e. The number of anilines is 1. The van der Waals surface area contributed by atoms with Gasteiger partial charge in [0.1, 0.15) is 11.9 Å². The molecule has 1 amide bonds. The van der Waals surface area contributed by atoms with Gasteiger partial charge in [-0.05, 0) is 31.2 Å². The Morgan fingerprint density at radius 2 is 1.77 bits per heavy atom. The number of para-hydroxylation sites is 1. The molecule has 3 rings (SSSR count). The van der Waals surface area contributed by atoms with Gasteiger partial charge in [-0.3, -0.25) is 4.79 Å². The van der Waals surface area contributed by atoms with E-state index >= 15 is 0 Å². The first kappa shape index (κ1) is 18.7. The fourth-order valence-electron chi connectivity index (χ4n) is 3.21. The van der Waals surface area contributed by atoms with Crippen molar-refractivity contribution in [3.05, 3.63) is 64.9 Å². The number of quaternary nitrogens is 1. The minimum Gasteiger partial charge on any atom is -0.366 e. The average molecular weight is 377 g/mol. The normalized spacial score (nSPS) is 15.8. The number of piperazine rings is 1. The van der Waals surface area contributed by atoms with Gasteiger partial charge in [0.05, 0.1) is 5.69 Å². The molecular formula is C20H24ClFN3O+. The summed E-state index contributed by atoms with van der Waals surface area (Å²) in [5.41, 5.74) is 1.76. The lowest BCUT2D eigenvalue weighted by molar-refractivity contribution is -0.683. The number of nitrogens with two attached hydrogens (primary N) is 1. The molecule has 0 unspecified atom stereocenters. The van der Waals surface area contributed by atoms with Crippen molar-refractivity contribution >= 4 is 23.2 Å². The Kier molecular flexibility index (Phi) is 6.12. The van der Waals surface area contributed by atoms with Gasteiger partial charge >= 0.3 is 0 Å². The van der Waals surface area contributed by atoms with Gasteiger partial charge in [-0.2, -0.15) is 0 Å². The standard InChI is InChI=1S/C20H23ClFN3O/c1-15(16-6-8-17(21)9-7-16)23-14-20(26)25-12-10-24(11-13-25)19-5-3-2-4-18(19)22/h2-9,15,23H,10-14H2,1H3/p+1/t15-/m1/s1. The van der Waals surface area contributed by atoms with Gasteiger partial charge in [0.15, 0.2) is 6.54 Å². The number of rotatable bonds is 5. The molecule has 1 aliphatic heterocycles. The quantitative estimate of drug-likeness (QED) is 0.870. The lowest BCUT2D eigenvalue weighted by atomic mass is 10.1. The van der Waals surface area contributed by atoms with E-state index in [0.29, 0.717) is 43.4 Å². The summed E-state index contributed by atoms with van der Waals surface area (Å²) < 4.78 is 13.9. The van der Waals surface area contributed by atoms with Crippen LogP contribution in [0.1, 0.15) is 18.5 Å². The van der Waals surface area contributed by atoms with Gasteiger partial charge in [0.25, 0.3) is 5.91 Å². The van der Waals surface area contributed by atoms with E-state index in [1.807, 2.05) is 45.4 Å². The number of amides is 1. The zero-order valence-corrected chi connectivity index (χ0v) is 15.6. The molecule has 6 heteroatoms.